The Balaban J connectivity index is 2.17. The molecule has 0 amide bonds. The lowest BCUT2D eigenvalue weighted by Crippen LogP contribution is -2.26. The molecule has 100 valence electrons. The maximum absolute atomic E-state index is 5.93. The molecule has 2 N–H and O–H groups in total. The number of nitrogens with two attached hydrogens (primary N) is 1. The van der Waals surface area contributed by atoms with E-state index in [1.54, 1.807) is 14.2 Å². The Bertz CT molecular complexity index is 421. The highest BCUT2D eigenvalue weighted by atomic mass is 16.5. The van der Waals surface area contributed by atoms with Crippen LogP contribution < -0.4 is 15.2 Å². The van der Waals surface area contributed by atoms with E-state index in [2.05, 4.69) is 17.9 Å². The first-order chi connectivity index (χ1) is 8.63. The summed E-state index contributed by atoms with van der Waals surface area (Å²) in [5.74, 6) is 1.58. The summed E-state index contributed by atoms with van der Waals surface area (Å²) < 4.78 is 10.6. The SMILES string of the molecule is COc1cc(C)c(CN2CCC(N)C2)cc1OC. The predicted octanol–water partition coefficient (Wildman–Crippen LogP) is 1.55. The molecular formula is C14H22N2O2. The van der Waals surface area contributed by atoms with Gasteiger partial charge in [0.15, 0.2) is 11.5 Å². The Labute approximate surface area is 109 Å². The molecule has 1 aliphatic heterocycles. The van der Waals surface area contributed by atoms with E-state index in [9.17, 15) is 0 Å². The molecule has 2 rings (SSSR count). The number of hydrogen-bond donors (Lipinski definition) is 1. The summed E-state index contributed by atoms with van der Waals surface area (Å²) in [5.41, 5.74) is 8.44. The first-order valence-electron chi connectivity index (χ1n) is 6.33. The molecule has 0 saturated carbocycles. The van der Waals surface area contributed by atoms with Crippen LogP contribution in [0.25, 0.3) is 0 Å². The molecule has 1 aliphatic rings. The first-order valence-corrected chi connectivity index (χ1v) is 6.33. The summed E-state index contributed by atoms with van der Waals surface area (Å²) in [6.07, 6.45) is 1.09. The summed E-state index contributed by atoms with van der Waals surface area (Å²) in [5, 5.41) is 0. The zero-order valence-electron chi connectivity index (χ0n) is 11.4. The van der Waals surface area contributed by atoms with Crippen LogP contribution in [-0.2, 0) is 6.54 Å². The molecule has 0 aromatic heterocycles. The van der Waals surface area contributed by atoms with Crippen LogP contribution in [0.4, 0.5) is 0 Å². The van der Waals surface area contributed by atoms with Gasteiger partial charge in [0.25, 0.3) is 0 Å². The molecule has 4 nitrogen and oxygen atoms in total. The van der Waals surface area contributed by atoms with Crippen LogP contribution in [0.5, 0.6) is 11.5 Å². The van der Waals surface area contributed by atoms with Crippen molar-refractivity contribution in [2.75, 3.05) is 27.3 Å². The van der Waals surface area contributed by atoms with Gasteiger partial charge in [0.05, 0.1) is 14.2 Å². The summed E-state index contributed by atoms with van der Waals surface area (Å²) in [6.45, 7) is 5.09. The highest BCUT2D eigenvalue weighted by Gasteiger charge is 2.20. The number of benzene rings is 1. The van der Waals surface area contributed by atoms with E-state index in [1.807, 2.05) is 6.07 Å². The highest BCUT2D eigenvalue weighted by molar-refractivity contribution is 5.47. The molecule has 1 saturated heterocycles. The fraction of sp³-hybridized carbons (Fsp3) is 0.571. The van der Waals surface area contributed by atoms with Crippen LogP contribution in [0, 0.1) is 6.92 Å². The second kappa shape index (κ2) is 5.59. The molecule has 1 atom stereocenters. The smallest absolute Gasteiger partial charge is 0.161 e. The Hall–Kier alpha value is -1.26. The molecule has 1 unspecified atom stereocenters. The van der Waals surface area contributed by atoms with Crippen molar-refractivity contribution in [1.29, 1.82) is 0 Å². The molecular weight excluding hydrogens is 228 g/mol. The fourth-order valence-corrected chi connectivity index (χ4v) is 2.44. The number of likely N-dealkylation sites (tertiary alicyclic amines) is 1. The quantitative estimate of drug-likeness (QED) is 0.880. The van der Waals surface area contributed by atoms with Gasteiger partial charge in [-0.1, -0.05) is 0 Å². The topological polar surface area (TPSA) is 47.7 Å². The average Bonchev–Trinajstić information content (AvgIpc) is 2.77. The van der Waals surface area contributed by atoms with Crippen molar-refractivity contribution in [3.8, 4) is 11.5 Å². The van der Waals surface area contributed by atoms with E-state index in [1.165, 1.54) is 11.1 Å². The Morgan fingerprint density at radius 3 is 2.50 bits per heavy atom. The number of hydrogen-bond acceptors (Lipinski definition) is 4. The zero-order valence-corrected chi connectivity index (χ0v) is 11.4. The molecule has 0 bridgehead atoms. The van der Waals surface area contributed by atoms with E-state index in [4.69, 9.17) is 15.2 Å². The third-order valence-electron chi connectivity index (χ3n) is 3.54. The van der Waals surface area contributed by atoms with Crippen LogP contribution in [0.1, 0.15) is 17.5 Å². The second-order valence-corrected chi connectivity index (χ2v) is 4.92. The van der Waals surface area contributed by atoms with Gasteiger partial charge < -0.3 is 15.2 Å². The second-order valence-electron chi connectivity index (χ2n) is 4.92. The van der Waals surface area contributed by atoms with Crippen molar-refractivity contribution < 1.29 is 9.47 Å². The lowest BCUT2D eigenvalue weighted by molar-refractivity contribution is 0.322. The van der Waals surface area contributed by atoms with E-state index >= 15 is 0 Å². The number of nitrogens with zero attached hydrogens (tertiary/aromatic N) is 1. The van der Waals surface area contributed by atoms with Gasteiger partial charge >= 0.3 is 0 Å². The van der Waals surface area contributed by atoms with Crippen molar-refractivity contribution in [1.82, 2.24) is 4.90 Å². The molecule has 1 aromatic carbocycles. The largest absolute Gasteiger partial charge is 0.493 e. The van der Waals surface area contributed by atoms with E-state index < -0.39 is 0 Å². The van der Waals surface area contributed by atoms with Crippen LogP contribution in [0.3, 0.4) is 0 Å². The van der Waals surface area contributed by atoms with Gasteiger partial charge in [-0.05, 0) is 36.6 Å². The molecule has 1 aromatic rings. The van der Waals surface area contributed by atoms with Gasteiger partial charge in [-0.15, -0.1) is 0 Å². The molecule has 1 fully saturated rings. The van der Waals surface area contributed by atoms with E-state index in [0.29, 0.717) is 6.04 Å². The van der Waals surface area contributed by atoms with Crippen molar-refractivity contribution in [2.24, 2.45) is 5.73 Å². The minimum atomic E-state index is 0.324. The van der Waals surface area contributed by atoms with Gasteiger partial charge in [0.2, 0.25) is 0 Å². The summed E-state index contributed by atoms with van der Waals surface area (Å²) >= 11 is 0. The standard InChI is InChI=1S/C14H22N2O2/c1-10-6-13(17-2)14(18-3)7-11(10)8-16-5-4-12(15)9-16/h6-7,12H,4-5,8-9,15H2,1-3H3. The molecule has 0 spiro atoms. The Kier molecular flexibility index (Phi) is 4.09. The number of methoxy groups -OCH3 is 2. The molecule has 0 aliphatic carbocycles. The van der Waals surface area contributed by atoms with Crippen molar-refractivity contribution in [2.45, 2.75) is 25.9 Å². The van der Waals surface area contributed by atoms with Gasteiger partial charge in [-0.2, -0.15) is 0 Å². The molecule has 0 radical (unpaired) electrons. The maximum Gasteiger partial charge on any atom is 0.161 e. The van der Waals surface area contributed by atoms with Gasteiger partial charge in [0.1, 0.15) is 0 Å². The minimum Gasteiger partial charge on any atom is -0.493 e. The normalized spacial score (nSPS) is 20.1. The maximum atomic E-state index is 5.93. The Morgan fingerprint density at radius 1 is 1.28 bits per heavy atom. The summed E-state index contributed by atoms with van der Waals surface area (Å²) in [7, 11) is 3.33. The molecule has 18 heavy (non-hydrogen) atoms. The lowest BCUT2D eigenvalue weighted by Gasteiger charge is -2.18. The van der Waals surface area contributed by atoms with Crippen molar-refractivity contribution in [3.05, 3.63) is 23.3 Å². The van der Waals surface area contributed by atoms with Crippen LogP contribution in [-0.4, -0.2) is 38.3 Å². The summed E-state index contributed by atoms with van der Waals surface area (Å²) in [4.78, 5) is 2.39. The molecule has 4 heteroatoms. The minimum absolute atomic E-state index is 0.324. The predicted molar refractivity (Wildman–Crippen MR) is 72.2 cm³/mol. The number of aryl methyl sites for hydroxylation is 1. The van der Waals surface area contributed by atoms with Gasteiger partial charge in [0, 0.05) is 25.7 Å². The van der Waals surface area contributed by atoms with E-state index in [0.717, 1.165) is 37.6 Å². The zero-order chi connectivity index (χ0) is 13.1. The fourth-order valence-electron chi connectivity index (χ4n) is 2.44. The van der Waals surface area contributed by atoms with Crippen LogP contribution >= 0.6 is 0 Å². The Morgan fingerprint density at radius 2 is 1.94 bits per heavy atom. The monoisotopic (exact) mass is 250 g/mol. The van der Waals surface area contributed by atoms with Gasteiger partial charge in [-0.25, -0.2) is 0 Å². The van der Waals surface area contributed by atoms with Crippen molar-refractivity contribution >= 4 is 0 Å². The van der Waals surface area contributed by atoms with Crippen LogP contribution in [0.15, 0.2) is 12.1 Å². The summed E-state index contributed by atoms with van der Waals surface area (Å²) in [6, 6.07) is 4.42. The van der Waals surface area contributed by atoms with Crippen LogP contribution in [0.2, 0.25) is 0 Å². The third kappa shape index (κ3) is 2.76. The van der Waals surface area contributed by atoms with E-state index in [-0.39, 0.29) is 0 Å². The van der Waals surface area contributed by atoms with Crippen molar-refractivity contribution in [3.63, 3.8) is 0 Å². The van der Waals surface area contributed by atoms with Gasteiger partial charge in [-0.3, -0.25) is 4.90 Å². The number of rotatable bonds is 4. The highest BCUT2D eigenvalue weighted by Crippen LogP contribution is 2.31. The molecule has 1 heterocycles. The number of ether oxygens (including phenoxy) is 2. The third-order valence-corrected chi connectivity index (χ3v) is 3.54. The average molecular weight is 250 g/mol. The first kappa shape index (κ1) is 13.2. The lowest BCUT2D eigenvalue weighted by atomic mass is 10.1.